The van der Waals surface area contributed by atoms with Gasteiger partial charge in [-0.2, -0.15) is 13.2 Å². The molecule has 0 spiro atoms. The fourth-order valence-electron chi connectivity index (χ4n) is 0.724. The van der Waals surface area contributed by atoms with Gasteiger partial charge in [0, 0.05) is 0 Å². The molecule has 0 aromatic carbocycles. The predicted molar refractivity (Wildman–Crippen MR) is 54.1 cm³/mol. The third-order valence-electron chi connectivity index (χ3n) is 1.93. The molecule has 0 saturated heterocycles. The molecule has 0 atom stereocenters. The van der Waals surface area contributed by atoms with Crippen molar-refractivity contribution in [1.82, 2.24) is 0 Å². The molecule has 0 N–H and O–H groups in total. The van der Waals surface area contributed by atoms with Crippen LogP contribution >= 0.6 is 0 Å². The fraction of sp³-hybridized carbons (Fsp3) is 0.667. The maximum atomic E-state index is 11.7. The van der Waals surface area contributed by atoms with Crippen LogP contribution in [0.5, 0.6) is 0 Å². The van der Waals surface area contributed by atoms with E-state index in [2.05, 4.69) is 11.3 Å². The molecule has 88 valence electrons. The summed E-state index contributed by atoms with van der Waals surface area (Å²) in [6.45, 7) is 9.61. The molecule has 0 aliphatic carbocycles. The smallest absolute Gasteiger partial charge is 0.459 e. The number of hydrogen-bond acceptors (Lipinski definition) is 2. The standard InChI is InChI=1S/C9H15F3O2Si/c1-7(15(2,3)4)5-6-14-8(13)9(10,11)12/h1,5-6H2,2-4H3. The Morgan fingerprint density at radius 2 is 1.80 bits per heavy atom. The predicted octanol–water partition coefficient (Wildman–Crippen LogP) is 2.92. The molecule has 6 heteroatoms. The molecule has 0 radical (unpaired) electrons. The van der Waals surface area contributed by atoms with E-state index in [9.17, 15) is 18.0 Å². The second kappa shape index (κ2) is 4.83. The average molecular weight is 240 g/mol. The molecule has 0 fully saturated rings. The molecule has 0 unspecified atom stereocenters. The molecule has 0 heterocycles. The highest BCUT2D eigenvalue weighted by molar-refractivity contribution is 6.82. The lowest BCUT2D eigenvalue weighted by atomic mass is 10.4. The van der Waals surface area contributed by atoms with Crippen LogP contribution in [0, 0.1) is 0 Å². The topological polar surface area (TPSA) is 26.3 Å². The molecule has 0 aliphatic rings. The Kier molecular flexibility index (Phi) is 4.57. The minimum Gasteiger partial charge on any atom is -0.459 e. The Hall–Kier alpha value is -0.783. The van der Waals surface area contributed by atoms with Crippen molar-refractivity contribution < 1.29 is 22.7 Å². The van der Waals surface area contributed by atoms with Crippen molar-refractivity contribution in [1.29, 1.82) is 0 Å². The Morgan fingerprint density at radius 3 is 2.13 bits per heavy atom. The van der Waals surface area contributed by atoms with Crippen molar-refractivity contribution in [3.05, 3.63) is 11.8 Å². The zero-order valence-corrected chi connectivity index (χ0v) is 10.1. The summed E-state index contributed by atoms with van der Waals surface area (Å²) >= 11 is 0. The molecule has 0 saturated carbocycles. The first-order valence-corrected chi connectivity index (χ1v) is 7.97. The molecule has 0 bridgehead atoms. The Bertz CT molecular complexity index is 227. The van der Waals surface area contributed by atoms with E-state index in [0.717, 1.165) is 5.20 Å². The average Bonchev–Trinajstić information content (AvgIpc) is 2.00. The van der Waals surface area contributed by atoms with Crippen molar-refractivity contribution in [3.63, 3.8) is 0 Å². The summed E-state index contributed by atoms with van der Waals surface area (Å²) in [4.78, 5) is 10.3. The number of hydrogen-bond donors (Lipinski definition) is 0. The number of halogens is 3. The lowest BCUT2D eigenvalue weighted by Gasteiger charge is -2.19. The maximum absolute atomic E-state index is 11.7. The highest BCUT2D eigenvalue weighted by Crippen LogP contribution is 2.19. The number of carbonyl (C=O) groups excluding carboxylic acids is 1. The minimum absolute atomic E-state index is 0.249. The number of alkyl halides is 3. The van der Waals surface area contributed by atoms with Gasteiger partial charge in [-0.1, -0.05) is 24.8 Å². The van der Waals surface area contributed by atoms with Gasteiger partial charge in [-0.15, -0.1) is 6.58 Å². The van der Waals surface area contributed by atoms with E-state index in [1.54, 1.807) is 0 Å². The second-order valence-corrected chi connectivity index (χ2v) is 9.44. The Balaban J connectivity index is 3.92. The second-order valence-electron chi connectivity index (χ2n) is 4.24. The van der Waals surface area contributed by atoms with Gasteiger partial charge < -0.3 is 4.74 Å². The molecule has 0 aromatic rings. The number of rotatable bonds is 4. The van der Waals surface area contributed by atoms with E-state index < -0.39 is 20.2 Å². The highest BCUT2D eigenvalue weighted by atomic mass is 28.3. The first-order valence-electron chi connectivity index (χ1n) is 4.47. The monoisotopic (exact) mass is 240 g/mol. The number of esters is 1. The van der Waals surface area contributed by atoms with Crippen LogP contribution in [0.2, 0.25) is 19.6 Å². The summed E-state index contributed by atoms with van der Waals surface area (Å²) in [5.74, 6) is -2.13. The van der Waals surface area contributed by atoms with E-state index in [4.69, 9.17) is 0 Å². The normalized spacial score (nSPS) is 12.4. The Labute approximate surface area is 88.1 Å². The summed E-state index contributed by atoms with van der Waals surface area (Å²) in [6, 6.07) is 0. The molecule has 0 aromatic heterocycles. The van der Waals surface area contributed by atoms with Gasteiger partial charge in [-0.05, 0) is 6.42 Å². The zero-order valence-electron chi connectivity index (χ0n) is 9.07. The van der Waals surface area contributed by atoms with Gasteiger partial charge in [-0.3, -0.25) is 0 Å². The maximum Gasteiger partial charge on any atom is 0.490 e. The molecule has 0 rings (SSSR count). The molecule has 2 nitrogen and oxygen atoms in total. The lowest BCUT2D eigenvalue weighted by Crippen LogP contribution is -2.28. The minimum atomic E-state index is -4.90. The first-order chi connectivity index (χ1) is 6.55. The van der Waals surface area contributed by atoms with Gasteiger partial charge in [0.25, 0.3) is 0 Å². The summed E-state index contributed by atoms with van der Waals surface area (Å²) < 4.78 is 39.2. The zero-order chi connectivity index (χ0) is 12.3. The molecule has 0 amide bonds. The summed E-state index contributed by atoms with van der Waals surface area (Å²) in [5, 5.41) is 0.887. The van der Waals surface area contributed by atoms with Gasteiger partial charge in [0.1, 0.15) is 0 Å². The van der Waals surface area contributed by atoms with E-state index >= 15 is 0 Å². The van der Waals surface area contributed by atoms with Crippen LogP contribution in [0.15, 0.2) is 11.8 Å². The van der Waals surface area contributed by atoms with Crippen molar-refractivity contribution >= 4 is 14.0 Å². The van der Waals surface area contributed by atoms with Gasteiger partial charge in [0.15, 0.2) is 0 Å². The molecule has 0 aliphatic heterocycles. The summed E-state index contributed by atoms with van der Waals surface area (Å²) in [5.41, 5.74) is 0. The number of carbonyl (C=O) groups is 1. The van der Waals surface area contributed by atoms with Gasteiger partial charge >= 0.3 is 12.1 Å². The molecule has 15 heavy (non-hydrogen) atoms. The van der Waals surface area contributed by atoms with Crippen LogP contribution in [-0.2, 0) is 9.53 Å². The van der Waals surface area contributed by atoms with E-state index in [0.29, 0.717) is 6.42 Å². The van der Waals surface area contributed by atoms with Crippen molar-refractivity contribution in [2.75, 3.05) is 6.61 Å². The lowest BCUT2D eigenvalue weighted by molar-refractivity contribution is -0.199. The number of ether oxygens (including phenoxy) is 1. The van der Waals surface area contributed by atoms with Gasteiger partial charge in [-0.25, -0.2) is 4.79 Å². The quantitative estimate of drug-likeness (QED) is 0.558. The molecular formula is C9H15F3O2Si. The SMILES string of the molecule is C=C(CCOC(=O)C(F)(F)F)[Si](C)(C)C. The van der Waals surface area contributed by atoms with E-state index in [-0.39, 0.29) is 6.61 Å². The summed E-state index contributed by atoms with van der Waals surface area (Å²) in [6.07, 6.45) is -4.60. The van der Waals surface area contributed by atoms with Crippen molar-refractivity contribution in [2.24, 2.45) is 0 Å². The van der Waals surface area contributed by atoms with Gasteiger partial charge in [0.2, 0.25) is 0 Å². The fourth-order valence-corrected chi connectivity index (χ4v) is 1.58. The van der Waals surface area contributed by atoms with Crippen LogP contribution in [0.1, 0.15) is 6.42 Å². The van der Waals surface area contributed by atoms with E-state index in [1.807, 2.05) is 19.6 Å². The van der Waals surface area contributed by atoms with Gasteiger partial charge in [0.05, 0.1) is 14.7 Å². The third-order valence-corrected chi connectivity index (χ3v) is 4.30. The van der Waals surface area contributed by atoms with Crippen molar-refractivity contribution in [2.45, 2.75) is 32.2 Å². The van der Waals surface area contributed by atoms with Crippen LogP contribution in [-0.4, -0.2) is 26.8 Å². The largest absolute Gasteiger partial charge is 0.490 e. The van der Waals surface area contributed by atoms with Crippen LogP contribution in [0.3, 0.4) is 0 Å². The Morgan fingerprint density at radius 1 is 1.33 bits per heavy atom. The summed E-state index contributed by atoms with van der Waals surface area (Å²) in [7, 11) is -1.55. The highest BCUT2D eigenvalue weighted by Gasteiger charge is 2.40. The van der Waals surface area contributed by atoms with Crippen LogP contribution < -0.4 is 0 Å². The molecular weight excluding hydrogens is 225 g/mol. The van der Waals surface area contributed by atoms with Crippen LogP contribution in [0.4, 0.5) is 13.2 Å². The van der Waals surface area contributed by atoms with Crippen molar-refractivity contribution in [3.8, 4) is 0 Å². The van der Waals surface area contributed by atoms with E-state index in [1.165, 1.54) is 0 Å². The van der Waals surface area contributed by atoms with Crippen LogP contribution in [0.25, 0.3) is 0 Å². The third kappa shape index (κ3) is 5.61. The first kappa shape index (κ1) is 14.2.